The van der Waals surface area contributed by atoms with Crippen LogP contribution >= 0.6 is 28.8 Å². The van der Waals surface area contributed by atoms with Crippen LogP contribution in [0.15, 0.2) is 140 Å². The van der Waals surface area contributed by atoms with Gasteiger partial charge in [-0.3, -0.25) is 0 Å². The molecular formula is C35H28Cl2NP. The van der Waals surface area contributed by atoms with Crippen molar-refractivity contribution in [3.63, 3.8) is 0 Å². The fourth-order valence-corrected chi connectivity index (χ4v) is 12.0. The van der Waals surface area contributed by atoms with E-state index in [0.29, 0.717) is 11.3 Å². The molecule has 0 atom stereocenters. The summed E-state index contributed by atoms with van der Waals surface area (Å²) in [6.07, 6.45) is 0.543. The van der Waals surface area contributed by atoms with Gasteiger partial charge in [0.05, 0.1) is 0 Å². The van der Waals surface area contributed by atoms with Gasteiger partial charge in [-0.05, 0) is 0 Å². The molecular weight excluding hydrogens is 536 g/mol. The molecule has 0 saturated carbocycles. The van der Waals surface area contributed by atoms with Crippen molar-refractivity contribution in [2.75, 3.05) is 0 Å². The van der Waals surface area contributed by atoms with E-state index in [2.05, 4.69) is 128 Å². The van der Waals surface area contributed by atoms with Gasteiger partial charge in [-0.15, -0.1) is 0 Å². The summed E-state index contributed by atoms with van der Waals surface area (Å²) < 4.78 is 0. The van der Waals surface area contributed by atoms with Gasteiger partial charge in [0.25, 0.3) is 0 Å². The molecule has 0 unspecified atom stereocenters. The first-order chi connectivity index (χ1) is 19.0. The van der Waals surface area contributed by atoms with Crippen molar-refractivity contribution in [2.24, 2.45) is 0 Å². The Labute approximate surface area is 239 Å². The van der Waals surface area contributed by atoms with Gasteiger partial charge in [0.1, 0.15) is 0 Å². The van der Waals surface area contributed by atoms with E-state index in [-0.39, 0.29) is 0 Å². The SMILES string of the molecule is Cc1ccccc1-c1ccc2nc(Cl)c(CP(Cl)(c3ccccc3)(c3ccccc3)c3ccccc3)cc2c1. The summed E-state index contributed by atoms with van der Waals surface area (Å²) in [5.74, 6) is -3.55. The Balaban J connectivity index is 1.61. The van der Waals surface area contributed by atoms with Gasteiger partial charge < -0.3 is 0 Å². The summed E-state index contributed by atoms with van der Waals surface area (Å²) in [5, 5.41) is 4.85. The van der Waals surface area contributed by atoms with Crippen LogP contribution in [0.5, 0.6) is 0 Å². The van der Waals surface area contributed by atoms with Crippen molar-refractivity contribution in [3.05, 3.63) is 156 Å². The maximum atomic E-state index is 8.32. The third kappa shape index (κ3) is 4.46. The number of benzene rings is 5. The molecule has 0 saturated heterocycles. The Morgan fingerprint density at radius 3 is 1.67 bits per heavy atom. The van der Waals surface area contributed by atoms with E-state index in [1.165, 1.54) is 11.1 Å². The normalized spacial score (nSPS) is 12.6. The third-order valence-corrected chi connectivity index (χ3v) is 15.1. The number of fused-ring (bicyclic) bond motifs is 1. The molecule has 0 bridgehead atoms. The van der Waals surface area contributed by atoms with Crippen LogP contribution in [0, 0.1) is 6.92 Å². The first-order valence-corrected chi connectivity index (χ1v) is 16.7. The molecule has 4 heteroatoms. The van der Waals surface area contributed by atoms with E-state index < -0.39 is 5.96 Å². The standard InChI is InChI=1S/C35H28Cl2NP/c1-26-13-11-12-20-33(26)27-21-22-34-28(23-27)24-29(35(36)38-34)25-39(37,30-14-5-2-6-15-30,31-16-7-3-8-17-31)32-18-9-4-10-19-32/h2-24H,25H2,1H3. The number of aryl methyl sites for hydroxylation is 1. The van der Waals surface area contributed by atoms with Crippen molar-refractivity contribution in [2.45, 2.75) is 13.1 Å². The Bertz CT molecular complexity index is 1670. The molecule has 1 nitrogen and oxygen atoms in total. The van der Waals surface area contributed by atoms with Gasteiger partial charge in [-0.1, -0.05) is 0 Å². The van der Waals surface area contributed by atoms with Crippen LogP contribution < -0.4 is 15.9 Å². The average molecular weight is 564 g/mol. The number of nitrogens with zero attached hydrogens (tertiary/aromatic N) is 1. The minimum absolute atomic E-state index is 0.489. The molecule has 1 heterocycles. The van der Waals surface area contributed by atoms with Crippen LogP contribution in [-0.4, -0.2) is 4.98 Å². The molecule has 0 aliphatic heterocycles. The number of aromatic nitrogens is 1. The monoisotopic (exact) mass is 563 g/mol. The second kappa shape index (κ2) is 10.2. The predicted molar refractivity (Wildman–Crippen MR) is 172 cm³/mol. The molecule has 0 spiro atoms. The first-order valence-electron chi connectivity index (χ1n) is 13.0. The molecule has 0 aliphatic rings. The van der Waals surface area contributed by atoms with Crippen LogP contribution in [0.2, 0.25) is 5.15 Å². The zero-order chi connectivity index (χ0) is 26.9. The van der Waals surface area contributed by atoms with Gasteiger partial charge in [0.15, 0.2) is 0 Å². The fraction of sp³-hybridized carbons (Fsp3) is 0.0571. The zero-order valence-corrected chi connectivity index (χ0v) is 24.0. The van der Waals surface area contributed by atoms with Gasteiger partial charge in [-0.25, -0.2) is 0 Å². The second-order valence-corrected chi connectivity index (χ2v) is 16.8. The average Bonchev–Trinajstić information content (AvgIpc) is 2.99. The van der Waals surface area contributed by atoms with Gasteiger partial charge in [0.2, 0.25) is 0 Å². The minimum atomic E-state index is -3.55. The van der Waals surface area contributed by atoms with Crippen molar-refractivity contribution in [3.8, 4) is 11.1 Å². The molecule has 0 radical (unpaired) electrons. The van der Waals surface area contributed by atoms with Crippen molar-refractivity contribution < 1.29 is 0 Å². The molecule has 5 aromatic carbocycles. The number of pyridine rings is 1. The molecule has 0 N–H and O–H groups in total. The summed E-state index contributed by atoms with van der Waals surface area (Å²) >= 11 is 15.3. The van der Waals surface area contributed by atoms with Crippen LogP contribution in [0.25, 0.3) is 22.0 Å². The first kappa shape index (κ1) is 25.8. The summed E-state index contributed by atoms with van der Waals surface area (Å²) in [7, 11) is 0. The molecule has 6 rings (SSSR count). The predicted octanol–water partition coefficient (Wildman–Crippen LogP) is 9.05. The molecule has 39 heavy (non-hydrogen) atoms. The van der Waals surface area contributed by atoms with Crippen LogP contribution in [-0.2, 0) is 6.16 Å². The molecule has 0 amide bonds. The van der Waals surface area contributed by atoms with Crippen LogP contribution in [0.1, 0.15) is 11.1 Å². The Kier molecular flexibility index (Phi) is 6.77. The molecule has 192 valence electrons. The van der Waals surface area contributed by atoms with E-state index in [1.807, 2.05) is 18.2 Å². The summed E-state index contributed by atoms with van der Waals surface area (Å²) in [5.41, 5.74) is 5.42. The molecule has 6 aromatic rings. The van der Waals surface area contributed by atoms with Crippen LogP contribution in [0.3, 0.4) is 0 Å². The quantitative estimate of drug-likeness (QED) is 0.145. The van der Waals surface area contributed by atoms with Gasteiger partial charge in [-0.2, -0.15) is 0 Å². The van der Waals surface area contributed by atoms with E-state index in [4.69, 9.17) is 27.8 Å². The third-order valence-electron chi connectivity index (χ3n) is 7.65. The summed E-state index contributed by atoms with van der Waals surface area (Å²) in [6.45, 7) is 2.14. The van der Waals surface area contributed by atoms with E-state index in [0.717, 1.165) is 37.9 Å². The van der Waals surface area contributed by atoms with Gasteiger partial charge >= 0.3 is 241 Å². The van der Waals surface area contributed by atoms with Gasteiger partial charge in [0, 0.05) is 0 Å². The van der Waals surface area contributed by atoms with Crippen molar-refractivity contribution >= 4 is 55.6 Å². The second-order valence-electron chi connectivity index (χ2n) is 10.0. The summed E-state index contributed by atoms with van der Waals surface area (Å²) in [4.78, 5) is 4.86. The van der Waals surface area contributed by atoms with E-state index in [1.54, 1.807) is 0 Å². The molecule has 0 aliphatic carbocycles. The van der Waals surface area contributed by atoms with E-state index >= 15 is 0 Å². The zero-order valence-electron chi connectivity index (χ0n) is 21.6. The Hall–Kier alpha value is -3.48. The molecule has 0 fully saturated rings. The topological polar surface area (TPSA) is 12.9 Å². The number of rotatable bonds is 6. The molecule has 1 aromatic heterocycles. The van der Waals surface area contributed by atoms with E-state index in [9.17, 15) is 0 Å². The van der Waals surface area contributed by atoms with Crippen molar-refractivity contribution in [1.82, 2.24) is 4.98 Å². The van der Waals surface area contributed by atoms with Crippen molar-refractivity contribution in [1.29, 1.82) is 0 Å². The van der Waals surface area contributed by atoms with Crippen LogP contribution in [0.4, 0.5) is 0 Å². The fourth-order valence-electron chi connectivity index (χ4n) is 5.63. The Morgan fingerprint density at radius 1 is 0.615 bits per heavy atom. The number of hydrogen-bond donors (Lipinski definition) is 0. The maximum absolute atomic E-state index is 8.32. The Morgan fingerprint density at radius 2 is 1.13 bits per heavy atom. The summed E-state index contributed by atoms with van der Waals surface area (Å²) in [6, 6.07) is 48.5. The number of hydrogen-bond acceptors (Lipinski definition) is 1. The number of halogens is 2.